The molecule has 1 unspecified atom stereocenters. The van der Waals surface area contributed by atoms with E-state index in [2.05, 4.69) is 48.8 Å². The molecule has 1 aliphatic rings. The zero-order chi connectivity index (χ0) is 11.9. The average Bonchev–Trinajstić information content (AvgIpc) is 2.39. The van der Waals surface area contributed by atoms with Crippen molar-refractivity contribution in [2.45, 2.75) is 26.7 Å². The van der Waals surface area contributed by atoms with Gasteiger partial charge in [0.1, 0.15) is 0 Å². The second-order valence-corrected chi connectivity index (χ2v) is 4.55. The highest BCUT2D eigenvalue weighted by Crippen LogP contribution is 2.28. The van der Waals surface area contributed by atoms with Crippen molar-refractivity contribution in [3.8, 4) is 0 Å². The van der Waals surface area contributed by atoms with Crippen LogP contribution in [0.3, 0.4) is 0 Å². The molecular formula is C14H24N2. The minimum atomic E-state index is 0.271. The van der Waals surface area contributed by atoms with Crippen LogP contribution in [0.25, 0.3) is 0 Å². The van der Waals surface area contributed by atoms with Crippen molar-refractivity contribution >= 4 is 0 Å². The Hall–Kier alpha value is -1.02. The van der Waals surface area contributed by atoms with Crippen LogP contribution in [0.2, 0.25) is 0 Å². The van der Waals surface area contributed by atoms with Crippen LogP contribution in [0.4, 0.5) is 0 Å². The van der Waals surface area contributed by atoms with Crippen LogP contribution in [0.15, 0.2) is 36.1 Å². The summed E-state index contributed by atoms with van der Waals surface area (Å²) in [5, 5.41) is 6.64. The molecule has 0 aliphatic carbocycles. The van der Waals surface area contributed by atoms with E-state index >= 15 is 0 Å². The molecule has 16 heavy (non-hydrogen) atoms. The van der Waals surface area contributed by atoms with Gasteiger partial charge in [-0.25, -0.2) is 0 Å². The molecule has 0 radical (unpaired) electrons. The van der Waals surface area contributed by atoms with Crippen LogP contribution in [0.5, 0.6) is 0 Å². The van der Waals surface area contributed by atoms with Gasteiger partial charge in [0.15, 0.2) is 0 Å². The first kappa shape index (κ1) is 13.0. The van der Waals surface area contributed by atoms with Gasteiger partial charge in [-0.1, -0.05) is 30.7 Å². The number of hydrogen-bond donors (Lipinski definition) is 2. The van der Waals surface area contributed by atoms with Crippen LogP contribution in [0, 0.1) is 5.41 Å². The second kappa shape index (κ2) is 6.54. The molecule has 0 bridgehead atoms. The molecule has 2 nitrogen and oxygen atoms in total. The molecule has 0 saturated heterocycles. The van der Waals surface area contributed by atoms with Gasteiger partial charge in [0.25, 0.3) is 0 Å². The van der Waals surface area contributed by atoms with E-state index in [-0.39, 0.29) is 5.41 Å². The molecule has 0 fully saturated rings. The van der Waals surface area contributed by atoms with E-state index in [9.17, 15) is 0 Å². The molecule has 1 rings (SSSR count). The van der Waals surface area contributed by atoms with Gasteiger partial charge in [-0.05, 0) is 45.6 Å². The molecule has 0 aromatic rings. The van der Waals surface area contributed by atoms with E-state index in [1.807, 2.05) is 13.2 Å². The molecule has 0 amide bonds. The van der Waals surface area contributed by atoms with Crippen molar-refractivity contribution in [1.82, 2.24) is 10.6 Å². The molecule has 90 valence electrons. The van der Waals surface area contributed by atoms with Gasteiger partial charge in [-0.15, -0.1) is 0 Å². The SMILES string of the molecule is CCC1(CCNC)/C=C/C(C)=C\C=C\NC1. The number of hydrogen-bond acceptors (Lipinski definition) is 2. The fraction of sp³-hybridized carbons (Fsp3) is 0.571. The van der Waals surface area contributed by atoms with E-state index in [4.69, 9.17) is 0 Å². The zero-order valence-corrected chi connectivity index (χ0v) is 10.7. The van der Waals surface area contributed by atoms with Crippen LogP contribution >= 0.6 is 0 Å². The van der Waals surface area contributed by atoms with Gasteiger partial charge in [-0.2, -0.15) is 0 Å². The molecule has 0 aromatic carbocycles. The predicted molar refractivity (Wildman–Crippen MR) is 71.3 cm³/mol. The van der Waals surface area contributed by atoms with Gasteiger partial charge in [0.05, 0.1) is 0 Å². The summed E-state index contributed by atoms with van der Waals surface area (Å²) < 4.78 is 0. The molecule has 2 heteroatoms. The van der Waals surface area contributed by atoms with E-state index in [1.54, 1.807) is 0 Å². The first-order chi connectivity index (χ1) is 7.72. The fourth-order valence-corrected chi connectivity index (χ4v) is 1.92. The summed E-state index contributed by atoms with van der Waals surface area (Å²) in [5.74, 6) is 0. The Balaban J connectivity index is 2.81. The van der Waals surface area contributed by atoms with Crippen molar-refractivity contribution < 1.29 is 0 Å². The van der Waals surface area contributed by atoms with Crippen LogP contribution < -0.4 is 10.6 Å². The molecule has 0 aromatic heterocycles. The second-order valence-electron chi connectivity index (χ2n) is 4.55. The lowest BCUT2D eigenvalue weighted by atomic mass is 9.81. The maximum absolute atomic E-state index is 3.39. The zero-order valence-electron chi connectivity index (χ0n) is 10.7. The Morgan fingerprint density at radius 2 is 2.31 bits per heavy atom. The summed E-state index contributed by atoms with van der Waals surface area (Å²) in [7, 11) is 2.01. The number of nitrogens with one attached hydrogen (secondary N) is 2. The molecule has 0 spiro atoms. The summed E-state index contributed by atoms with van der Waals surface area (Å²) in [6.07, 6.45) is 13.2. The van der Waals surface area contributed by atoms with Crippen molar-refractivity contribution in [2.24, 2.45) is 5.41 Å². The highest BCUT2D eigenvalue weighted by atomic mass is 14.9. The molecular weight excluding hydrogens is 196 g/mol. The summed E-state index contributed by atoms with van der Waals surface area (Å²) >= 11 is 0. The van der Waals surface area contributed by atoms with E-state index in [1.165, 1.54) is 18.4 Å². The Kier molecular flexibility index (Phi) is 5.33. The molecule has 1 aliphatic heterocycles. The summed E-state index contributed by atoms with van der Waals surface area (Å²) in [6.45, 7) is 6.48. The predicted octanol–water partition coefficient (Wildman–Crippen LogP) is 2.61. The summed E-state index contributed by atoms with van der Waals surface area (Å²) in [4.78, 5) is 0. The van der Waals surface area contributed by atoms with Crippen molar-refractivity contribution in [2.75, 3.05) is 20.1 Å². The third-order valence-electron chi connectivity index (χ3n) is 3.30. The first-order valence-electron chi connectivity index (χ1n) is 6.13. The maximum Gasteiger partial charge on any atom is 0.0233 e. The highest BCUT2D eigenvalue weighted by Gasteiger charge is 2.23. The average molecular weight is 220 g/mol. The number of rotatable bonds is 4. The normalized spacial score (nSPS) is 32.6. The van der Waals surface area contributed by atoms with Crippen LogP contribution in [-0.4, -0.2) is 20.1 Å². The van der Waals surface area contributed by atoms with Crippen molar-refractivity contribution in [1.29, 1.82) is 0 Å². The molecule has 0 saturated carbocycles. The first-order valence-corrected chi connectivity index (χ1v) is 6.13. The van der Waals surface area contributed by atoms with Gasteiger partial charge in [-0.3, -0.25) is 0 Å². The van der Waals surface area contributed by atoms with Gasteiger partial charge >= 0.3 is 0 Å². The summed E-state index contributed by atoms with van der Waals surface area (Å²) in [6, 6.07) is 0. The Morgan fingerprint density at radius 3 is 3.00 bits per heavy atom. The number of allylic oxidation sites excluding steroid dienone is 4. The van der Waals surface area contributed by atoms with Crippen molar-refractivity contribution in [3.05, 3.63) is 36.1 Å². The van der Waals surface area contributed by atoms with Crippen molar-refractivity contribution in [3.63, 3.8) is 0 Å². The third kappa shape index (κ3) is 3.86. The lowest BCUT2D eigenvalue weighted by Crippen LogP contribution is -2.32. The topological polar surface area (TPSA) is 24.1 Å². The largest absolute Gasteiger partial charge is 0.390 e. The van der Waals surface area contributed by atoms with Gasteiger partial charge < -0.3 is 10.6 Å². The molecule has 2 N–H and O–H groups in total. The summed E-state index contributed by atoms with van der Waals surface area (Å²) in [5.41, 5.74) is 1.58. The third-order valence-corrected chi connectivity index (χ3v) is 3.30. The maximum atomic E-state index is 3.39. The van der Waals surface area contributed by atoms with Crippen LogP contribution in [-0.2, 0) is 0 Å². The van der Waals surface area contributed by atoms with E-state index in [0.717, 1.165) is 13.1 Å². The highest BCUT2D eigenvalue weighted by molar-refractivity contribution is 5.24. The van der Waals surface area contributed by atoms with Gasteiger partial charge in [0, 0.05) is 12.0 Å². The van der Waals surface area contributed by atoms with E-state index in [0.29, 0.717) is 0 Å². The lowest BCUT2D eigenvalue weighted by molar-refractivity contribution is 0.328. The molecule has 1 heterocycles. The van der Waals surface area contributed by atoms with E-state index < -0.39 is 0 Å². The smallest absolute Gasteiger partial charge is 0.0233 e. The minimum Gasteiger partial charge on any atom is -0.390 e. The Bertz CT molecular complexity index is 289. The standard InChI is InChI=1S/C14H24N2/c1-4-14(9-11-15-3)8-7-13(2)6-5-10-16-12-14/h5-8,10,15-16H,4,9,11-12H2,1-3H3/b8-7+,10-5+,13-6-. The Labute approximate surface area is 99.5 Å². The molecule has 1 atom stereocenters. The fourth-order valence-electron chi connectivity index (χ4n) is 1.92. The minimum absolute atomic E-state index is 0.271. The quantitative estimate of drug-likeness (QED) is 0.761. The van der Waals surface area contributed by atoms with Crippen LogP contribution in [0.1, 0.15) is 26.7 Å². The monoisotopic (exact) mass is 220 g/mol. The Morgan fingerprint density at radius 1 is 1.50 bits per heavy atom. The lowest BCUT2D eigenvalue weighted by Gasteiger charge is -2.29. The van der Waals surface area contributed by atoms with Gasteiger partial charge in [0.2, 0.25) is 0 Å².